The number of rotatable bonds is 21. The number of aliphatic imine (C=N–C) groups is 1. The molecular weight excluding hydrogens is 674 g/mol. The summed E-state index contributed by atoms with van der Waals surface area (Å²) in [5.74, 6) is -4.83. The average molecular weight is 726 g/mol. The highest BCUT2D eigenvalue weighted by molar-refractivity contribution is 5.95. The molecule has 5 amide bonds. The van der Waals surface area contributed by atoms with Crippen LogP contribution < -0.4 is 43.8 Å². The van der Waals surface area contributed by atoms with Crippen molar-refractivity contribution in [1.29, 1.82) is 0 Å². The molecule has 0 aliphatic heterocycles. The minimum Gasteiger partial charge on any atom is -0.508 e. The predicted molar refractivity (Wildman–Crippen MR) is 193 cm³/mol. The van der Waals surface area contributed by atoms with E-state index in [1.54, 1.807) is 42.5 Å². The second-order valence-electron chi connectivity index (χ2n) is 12.8. The van der Waals surface area contributed by atoms with Gasteiger partial charge in [0.1, 0.15) is 29.9 Å². The summed E-state index contributed by atoms with van der Waals surface area (Å²) in [7, 11) is 0. The van der Waals surface area contributed by atoms with Gasteiger partial charge in [-0.15, -0.1) is 0 Å². The molecule has 2 aromatic rings. The van der Waals surface area contributed by atoms with Crippen LogP contribution in [0.15, 0.2) is 59.6 Å². The largest absolute Gasteiger partial charge is 0.508 e. The van der Waals surface area contributed by atoms with Crippen LogP contribution in [0.4, 0.5) is 0 Å². The third-order valence-corrected chi connectivity index (χ3v) is 7.74. The number of carbonyl (C=O) groups is 6. The van der Waals surface area contributed by atoms with Crippen LogP contribution in [0, 0.1) is 5.92 Å². The van der Waals surface area contributed by atoms with Crippen molar-refractivity contribution in [1.82, 2.24) is 26.6 Å². The van der Waals surface area contributed by atoms with Gasteiger partial charge < -0.3 is 54.0 Å². The summed E-state index contributed by atoms with van der Waals surface area (Å²) in [6, 6.07) is 9.37. The van der Waals surface area contributed by atoms with E-state index in [2.05, 4.69) is 31.6 Å². The van der Waals surface area contributed by atoms with Crippen LogP contribution in [0.5, 0.6) is 5.75 Å². The fraction of sp³-hybridized carbons (Fsp3) is 0.457. The number of carboxylic acids is 1. The lowest BCUT2D eigenvalue weighted by Gasteiger charge is -2.26. The van der Waals surface area contributed by atoms with Gasteiger partial charge in [0.05, 0.1) is 12.6 Å². The number of phenolic OH excluding ortho intramolecular Hbond substituents is 1. The summed E-state index contributed by atoms with van der Waals surface area (Å²) in [4.78, 5) is 80.9. The Bertz CT molecular complexity index is 1530. The number of guanidine groups is 1. The second kappa shape index (κ2) is 21.5. The van der Waals surface area contributed by atoms with E-state index >= 15 is 0 Å². The molecule has 0 heterocycles. The highest BCUT2D eigenvalue weighted by Crippen LogP contribution is 2.12. The van der Waals surface area contributed by atoms with E-state index in [9.17, 15) is 39.0 Å². The summed E-state index contributed by atoms with van der Waals surface area (Å²) >= 11 is 0. The Balaban J connectivity index is 2.06. The van der Waals surface area contributed by atoms with E-state index in [0.717, 1.165) is 0 Å². The van der Waals surface area contributed by atoms with Crippen molar-refractivity contribution >= 4 is 41.5 Å². The Hall–Kier alpha value is -5.71. The molecule has 0 unspecified atom stereocenters. The van der Waals surface area contributed by atoms with Gasteiger partial charge in [0.25, 0.3) is 0 Å². The number of nitrogens with two attached hydrogens (primary N) is 3. The first kappa shape index (κ1) is 42.5. The monoisotopic (exact) mass is 725 g/mol. The van der Waals surface area contributed by atoms with E-state index in [1.165, 1.54) is 19.1 Å². The van der Waals surface area contributed by atoms with E-state index < -0.39 is 72.3 Å². The van der Waals surface area contributed by atoms with Crippen molar-refractivity contribution in [3.63, 3.8) is 0 Å². The number of aliphatic carboxylic acids is 1. The zero-order valence-electron chi connectivity index (χ0n) is 29.6. The Morgan fingerprint density at radius 2 is 1.33 bits per heavy atom. The lowest BCUT2D eigenvalue weighted by atomic mass is 10.0. The van der Waals surface area contributed by atoms with Crippen LogP contribution in [-0.4, -0.2) is 95.0 Å². The number of nitrogens with zero attached hydrogens (tertiary/aromatic N) is 1. The van der Waals surface area contributed by atoms with Crippen LogP contribution >= 0.6 is 0 Å². The van der Waals surface area contributed by atoms with Gasteiger partial charge >= 0.3 is 5.97 Å². The first-order chi connectivity index (χ1) is 24.5. The number of benzene rings is 2. The number of carbonyl (C=O) groups excluding carboxylic acids is 5. The van der Waals surface area contributed by atoms with Crippen molar-refractivity contribution in [2.24, 2.45) is 28.1 Å². The maximum Gasteiger partial charge on any atom is 0.326 e. The zero-order chi connectivity index (χ0) is 38.8. The lowest BCUT2D eigenvalue weighted by molar-refractivity contribution is -0.142. The lowest BCUT2D eigenvalue weighted by Crippen LogP contribution is -2.57. The highest BCUT2D eigenvalue weighted by atomic mass is 16.4. The molecule has 17 heteroatoms. The number of phenols is 1. The van der Waals surface area contributed by atoms with Crippen molar-refractivity contribution in [3.05, 3.63) is 65.7 Å². The van der Waals surface area contributed by atoms with E-state index in [4.69, 9.17) is 17.2 Å². The Labute approximate surface area is 302 Å². The zero-order valence-corrected chi connectivity index (χ0v) is 29.6. The fourth-order valence-electron chi connectivity index (χ4n) is 5.00. The Kier molecular flexibility index (Phi) is 17.5. The van der Waals surface area contributed by atoms with Gasteiger partial charge in [-0.1, -0.05) is 56.3 Å². The Morgan fingerprint density at radius 1 is 0.731 bits per heavy atom. The molecule has 0 aliphatic carbocycles. The highest BCUT2D eigenvalue weighted by Gasteiger charge is 2.30. The second-order valence-corrected chi connectivity index (χ2v) is 12.8. The number of aromatic hydroxyl groups is 1. The molecule has 0 bridgehead atoms. The minimum atomic E-state index is -1.27. The van der Waals surface area contributed by atoms with Gasteiger partial charge in [-0.3, -0.25) is 29.0 Å². The van der Waals surface area contributed by atoms with Crippen LogP contribution in [0.25, 0.3) is 0 Å². The summed E-state index contributed by atoms with van der Waals surface area (Å²) in [5.41, 5.74) is 18.0. The average Bonchev–Trinajstić information content (AvgIpc) is 3.08. The summed E-state index contributed by atoms with van der Waals surface area (Å²) in [5, 5.41) is 31.8. The fourth-order valence-corrected chi connectivity index (χ4v) is 5.00. The van der Waals surface area contributed by atoms with Crippen molar-refractivity contribution in [3.8, 4) is 5.75 Å². The maximum atomic E-state index is 13.6. The summed E-state index contributed by atoms with van der Waals surface area (Å²) in [6.07, 6.45) is 0.679. The van der Waals surface area contributed by atoms with Gasteiger partial charge in [-0.05, 0) is 61.8 Å². The third-order valence-electron chi connectivity index (χ3n) is 7.74. The minimum absolute atomic E-state index is 0.0352. The molecule has 0 saturated heterocycles. The normalized spacial score (nSPS) is 13.7. The standard InChI is InChI=1S/C35H51N9O8/c1-20(2)16-27(32(49)43-26(34(51)52)10-7-15-39-35(37)38)44-33(50)28(18-22-8-5-4-6-9-22)42-29(46)19-40-30(47)21(3)41-31(48)25(36)17-23-11-13-24(45)14-12-23/h4-6,8-9,11-14,20-21,25-28,45H,7,10,15-19,36H2,1-3H3,(H,40,47)(H,41,48)(H,42,46)(H,43,49)(H,44,50)(H,51,52)(H4,37,38,39)/t21-,25-,26+,27-,28-/m1/s1. The molecule has 52 heavy (non-hydrogen) atoms. The number of carboxylic acid groups (broad SMARTS) is 1. The molecular formula is C35H51N9O8. The van der Waals surface area contributed by atoms with Gasteiger partial charge in [-0.25, -0.2) is 4.79 Å². The molecule has 0 aliphatic rings. The Morgan fingerprint density at radius 3 is 1.92 bits per heavy atom. The molecule has 0 saturated carbocycles. The molecule has 0 fully saturated rings. The van der Waals surface area contributed by atoms with Crippen LogP contribution in [-0.2, 0) is 41.6 Å². The summed E-state index contributed by atoms with van der Waals surface area (Å²) in [6.45, 7) is 4.71. The van der Waals surface area contributed by atoms with Crippen molar-refractivity contribution < 1.29 is 39.0 Å². The topological polar surface area (TPSA) is 293 Å². The SMILES string of the molecule is CC(C)C[C@@H](NC(=O)[C@@H](Cc1ccccc1)NC(=O)CNC(=O)[C@@H](C)NC(=O)[C@H](N)Cc1ccc(O)cc1)C(=O)N[C@@H](CCCN=C(N)N)C(=O)O. The molecule has 0 spiro atoms. The van der Waals surface area contributed by atoms with Gasteiger partial charge in [0.15, 0.2) is 5.96 Å². The molecule has 284 valence electrons. The van der Waals surface area contributed by atoms with Crippen molar-refractivity contribution in [2.45, 2.75) is 83.1 Å². The molecule has 0 radical (unpaired) electrons. The molecule has 13 N–H and O–H groups in total. The maximum absolute atomic E-state index is 13.6. The molecule has 17 nitrogen and oxygen atoms in total. The number of hydrogen-bond acceptors (Lipinski definition) is 9. The third kappa shape index (κ3) is 15.9. The number of nitrogens with one attached hydrogen (secondary N) is 5. The van der Waals surface area contributed by atoms with Gasteiger partial charge in [-0.2, -0.15) is 0 Å². The molecule has 2 rings (SSSR count). The van der Waals surface area contributed by atoms with E-state index in [-0.39, 0.29) is 56.3 Å². The van der Waals surface area contributed by atoms with Crippen LogP contribution in [0.3, 0.4) is 0 Å². The number of hydrogen-bond donors (Lipinski definition) is 10. The van der Waals surface area contributed by atoms with Crippen LogP contribution in [0.2, 0.25) is 0 Å². The summed E-state index contributed by atoms with van der Waals surface area (Å²) < 4.78 is 0. The smallest absolute Gasteiger partial charge is 0.326 e. The quantitative estimate of drug-likeness (QED) is 0.0413. The molecule has 2 aromatic carbocycles. The van der Waals surface area contributed by atoms with Gasteiger partial charge in [0, 0.05) is 13.0 Å². The predicted octanol–water partition coefficient (Wildman–Crippen LogP) is -1.24. The molecule has 5 atom stereocenters. The van der Waals surface area contributed by atoms with Crippen LogP contribution in [0.1, 0.15) is 51.2 Å². The van der Waals surface area contributed by atoms with E-state index in [0.29, 0.717) is 11.1 Å². The first-order valence-electron chi connectivity index (χ1n) is 16.9. The van der Waals surface area contributed by atoms with Crippen molar-refractivity contribution in [2.75, 3.05) is 13.1 Å². The first-order valence-corrected chi connectivity index (χ1v) is 16.9. The van der Waals surface area contributed by atoms with Gasteiger partial charge in [0.2, 0.25) is 29.5 Å². The number of amides is 5. The van der Waals surface area contributed by atoms with E-state index in [1.807, 2.05) is 13.8 Å². The molecule has 0 aromatic heterocycles.